The minimum Gasteiger partial charge on any atom is -0.463 e. The molecule has 10 heteroatoms. The second-order valence-corrected chi connectivity index (χ2v) is 7.53. The third-order valence-electron chi connectivity index (χ3n) is 4.68. The Morgan fingerprint density at radius 2 is 1.36 bits per heavy atom. The van der Waals surface area contributed by atoms with Crippen molar-refractivity contribution in [2.24, 2.45) is 0 Å². The third-order valence-corrected chi connectivity index (χ3v) is 4.68. The molecule has 0 spiro atoms. The van der Waals surface area contributed by atoms with Gasteiger partial charge in [0.25, 0.3) is 0 Å². The van der Waals surface area contributed by atoms with Gasteiger partial charge in [0.05, 0.1) is 6.61 Å². The maximum absolute atomic E-state index is 11.8. The summed E-state index contributed by atoms with van der Waals surface area (Å²) in [5.74, 6) is -2.62. The predicted octanol–water partition coefficient (Wildman–Crippen LogP) is 1.72. The number of ether oxygens (including phenoxy) is 6. The molecule has 2 rings (SSSR count). The van der Waals surface area contributed by atoms with Gasteiger partial charge in [-0.15, -0.1) is 0 Å². The lowest BCUT2D eigenvalue weighted by Gasteiger charge is -2.44. The Labute approximate surface area is 192 Å². The molecule has 33 heavy (non-hydrogen) atoms. The van der Waals surface area contributed by atoms with Crippen molar-refractivity contribution in [2.45, 2.75) is 71.2 Å². The molecule has 0 N–H and O–H groups in total. The van der Waals surface area contributed by atoms with Gasteiger partial charge in [0.1, 0.15) is 12.7 Å². The van der Waals surface area contributed by atoms with E-state index in [9.17, 15) is 19.2 Å². The molecule has 0 radical (unpaired) electrons. The molecular weight excluding hydrogens is 436 g/mol. The van der Waals surface area contributed by atoms with Gasteiger partial charge in [-0.3, -0.25) is 19.2 Å². The summed E-state index contributed by atoms with van der Waals surface area (Å²) >= 11 is 0. The Bertz CT molecular complexity index is 809. The average molecular weight is 466 g/mol. The highest BCUT2D eigenvalue weighted by molar-refractivity contribution is 5.68. The first kappa shape index (κ1) is 26.3. The van der Waals surface area contributed by atoms with Crippen molar-refractivity contribution >= 4 is 23.9 Å². The Hall–Kier alpha value is -2.98. The van der Waals surface area contributed by atoms with Crippen LogP contribution in [-0.4, -0.2) is 67.8 Å². The Morgan fingerprint density at radius 1 is 0.788 bits per heavy atom. The van der Waals surface area contributed by atoms with E-state index in [1.54, 1.807) is 0 Å². The first-order chi connectivity index (χ1) is 15.7. The van der Waals surface area contributed by atoms with Crippen molar-refractivity contribution < 1.29 is 47.6 Å². The molecule has 0 unspecified atom stereocenters. The summed E-state index contributed by atoms with van der Waals surface area (Å²) in [4.78, 5) is 46.6. The van der Waals surface area contributed by atoms with Crippen LogP contribution in [0.2, 0.25) is 0 Å². The smallest absolute Gasteiger partial charge is 0.303 e. The first-order valence-electron chi connectivity index (χ1n) is 10.6. The van der Waals surface area contributed by atoms with E-state index in [2.05, 4.69) is 0 Å². The molecule has 0 amide bonds. The fourth-order valence-electron chi connectivity index (χ4n) is 3.44. The SMILES string of the molecule is CC(=O)OC[C@@H]1O[C@@H](OCCCc2ccccc2)[C@@H](OC(C)=O)[C@@H](OC(C)=O)[C@H]1OC(C)=O. The maximum Gasteiger partial charge on any atom is 0.303 e. The molecule has 1 saturated heterocycles. The Balaban J connectivity index is 2.21. The van der Waals surface area contributed by atoms with Crippen molar-refractivity contribution in [3.63, 3.8) is 0 Å². The largest absolute Gasteiger partial charge is 0.463 e. The van der Waals surface area contributed by atoms with Crippen LogP contribution in [0.1, 0.15) is 39.7 Å². The van der Waals surface area contributed by atoms with E-state index < -0.39 is 54.6 Å². The van der Waals surface area contributed by atoms with Crippen molar-refractivity contribution in [1.82, 2.24) is 0 Å². The van der Waals surface area contributed by atoms with E-state index in [1.807, 2.05) is 30.3 Å². The normalized spacial score (nSPS) is 24.4. The lowest BCUT2D eigenvalue weighted by Crippen LogP contribution is -2.63. The van der Waals surface area contributed by atoms with E-state index in [0.717, 1.165) is 12.0 Å². The van der Waals surface area contributed by atoms with Crippen LogP contribution in [0.25, 0.3) is 0 Å². The molecular formula is C23H30O10. The van der Waals surface area contributed by atoms with Crippen molar-refractivity contribution in [3.05, 3.63) is 35.9 Å². The molecule has 1 aliphatic heterocycles. The number of benzene rings is 1. The van der Waals surface area contributed by atoms with Crippen LogP contribution in [0, 0.1) is 0 Å². The Morgan fingerprint density at radius 3 is 1.94 bits per heavy atom. The highest BCUT2D eigenvalue weighted by atomic mass is 16.7. The van der Waals surface area contributed by atoms with Gasteiger partial charge in [-0.1, -0.05) is 30.3 Å². The standard InChI is InChI=1S/C23H30O10/c1-14(24)29-13-19-20(30-15(2)25)21(31-16(3)26)22(32-17(4)27)23(33-19)28-12-8-11-18-9-6-5-7-10-18/h5-7,9-10,19-23H,8,11-13H2,1-4H3/t19-,20-,21-,22-,23+/m0/s1. The summed E-state index contributed by atoms with van der Waals surface area (Å²) in [5.41, 5.74) is 1.13. The van der Waals surface area contributed by atoms with Crippen LogP contribution in [0.15, 0.2) is 30.3 Å². The molecule has 1 aromatic rings. The fourth-order valence-corrected chi connectivity index (χ4v) is 3.44. The minimum absolute atomic E-state index is 0.239. The summed E-state index contributed by atoms with van der Waals surface area (Å²) in [6.07, 6.45) is -4.43. The number of hydrogen-bond acceptors (Lipinski definition) is 10. The zero-order valence-corrected chi connectivity index (χ0v) is 19.2. The van der Waals surface area contributed by atoms with Crippen LogP contribution in [-0.2, 0) is 54.0 Å². The summed E-state index contributed by atoms with van der Waals surface area (Å²) in [6.45, 7) is 4.68. The topological polar surface area (TPSA) is 124 Å². The number of esters is 4. The number of rotatable bonds is 10. The summed E-state index contributed by atoms with van der Waals surface area (Å²) in [7, 11) is 0. The second-order valence-electron chi connectivity index (χ2n) is 7.53. The Kier molecular flexibility index (Phi) is 10.3. The highest BCUT2D eigenvalue weighted by Crippen LogP contribution is 2.30. The van der Waals surface area contributed by atoms with Crippen LogP contribution in [0.5, 0.6) is 0 Å². The first-order valence-corrected chi connectivity index (χ1v) is 10.6. The van der Waals surface area contributed by atoms with Crippen LogP contribution in [0.3, 0.4) is 0 Å². The molecule has 0 bridgehead atoms. The highest BCUT2D eigenvalue weighted by Gasteiger charge is 2.52. The molecule has 1 aliphatic rings. The van der Waals surface area contributed by atoms with Gasteiger partial charge in [-0.2, -0.15) is 0 Å². The second kappa shape index (κ2) is 12.9. The number of aryl methyl sites for hydroxylation is 1. The van der Waals surface area contributed by atoms with Crippen molar-refractivity contribution in [3.8, 4) is 0 Å². The average Bonchev–Trinajstić information content (AvgIpc) is 2.73. The van der Waals surface area contributed by atoms with E-state index in [4.69, 9.17) is 28.4 Å². The number of hydrogen-bond donors (Lipinski definition) is 0. The zero-order valence-electron chi connectivity index (χ0n) is 19.2. The third kappa shape index (κ3) is 8.82. The van der Waals surface area contributed by atoms with Gasteiger partial charge in [0.2, 0.25) is 0 Å². The van der Waals surface area contributed by atoms with Crippen LogP contribution >= 0.6 is 0 Å². The van der Waals surface area contributed by atoms with Gasteiger partial charge in [0, 0.05) is 27.7 Å². The molecule has 10 nitrogen and oxygen atoms in total. The minimum atomic E-state index is -1.23. The lowest BCUT2D eigenvalue weighted by atomic mass is 9.98. The van der Waals surface area contributed by atoms with Crippen LogP contribution < -0.4 is 0 Å². The van der Waals surface area contributed by atoms with Gasteiger partial charge < -0.3 is 28.4 Å². The molecule has 5 atom stereocenters. The van der Waals surface area contributed by atoms with E-state index >= 15 is 0 Å². The number of carbonyl (C=O) groups excluding carboxylic acids is 4. The maximum atomic E-state index is 11.8. The fraction of sp³-hybridized carbons (Fsp3) is 0.565. The lowest BCUT2D eigenvalue weighted by molar-refractivity contribution is -0.308. The predicted molar refractivity (Wildman–Crippen MR) is 113 cm³/mol. The van der Waals surface area contributed by atoms with Crippen LogP contribution in [0.4, 0.5) is 0 Å². The van der Waals surface area contributed by atoms with Gasteiger partial charge in [0.15, 0.2) is 24.6 Å². The number of carbonyl (C=O) groups is 4. The van der Waals surface area contributed by atoms with E-state index in [0.29, 0.717) is 6.42 Å². The van der Waals surface area contributed by atoms with Gasteiger partial charge in [-0.25, -0.2) is 0 Å². The summed E-state index contributed by atoms with van der Waals surface area (Å²) in [6, 6.07) is 9.80. The zero-order chi connectivity index (χ0) is 24.4. The van der Waals surface area contributed by atoms with Gasteiger partial charge in [-0.05, 0) is 18.4 Å². The molecule has 0 aromatic heterocycles. The molecule has 1 aromatic carbocycles. The summed E-state index contributed by atoms with van der Waals surface area (Å²) in [5, 5.41) is 0. The molecule has 182 valence electrons. The monoisotopic (exact) mass is 466 g/mol. The van der Waals surface area contributed by atoms with E-state index in [1.165, 1.54) is 27.7 Å². The van der Waals surface area contributed by atoms with Gasteiger partial charge >= 0.3 is 23.9 Å². The molecule has 1 fully saturated rings. The summed E-state index contributed by atoms with van der Waals surface area (Å²) < 4.78 is 32.8. The van der Waals surface area contributed by atoms with Crippen molar-refractivity contribution in [2.75, 3.05) is 13.2 Å². The molecule has 0 saturated carbocycles. The van der Waals surface area contributed by atoms with Crippen molar-refractivity contribution in [1.29, 1.82) is 0 Å². The molecule has 1 heterocycles. The quantitative estimate of drug-likeness (QED) is 0.286. The van der Waals surface area contributed by atoms with E-state index in [-0.39, 0.29) is 13.2 Å². The molecule has 0 aliphatic carbocycles.